The summed E-state index contributed by atoms with van der Waals surface area (Å²) in [5.74, 6) is -0.876. The maximum absolute atomic E-state index is 13.0. The monoisotopic (exact) mass is 484 g/mol. The summed E-state index contributed by atoms with van der Waals surface area (Å²) in [7, 11) is 0. The molecule has 7 heteroatoms. The molecule has 0 fully saturated rings. The average Bonchev–Trinajstić information content (AvgIpc) is 2.90. The van der Waals surface area contributed by atoms with Crippen molar-refractivity contribution < 1.29 is 19.4 Å². The third kappa shape index (κ3) is 5.63. The van der Waals surface area contributed by atoms with Gasteiger partial charge in [-0.15, -0.1) is 0 Å². The molecule has 0 saturated carbocycles. The number of carbonyl (C=O) groups excluding carboxylic acids is 2. The molecule has 0 aliphatic heterocycles. The Kier molecular flexibility index (Phi) is 7.35. The van der Waals surface area contributed by atoms with Gasteiger partial charge in [-0.3, -0.25) is 4.79 Å². The van der Waals surface area contributed by atoms with E-state index in [4.69, 9.17) is 16.3 Å². The van der Waals surface area contributed by atoms with Crippen molar-refractivity contribution in [3.05, 3.63) is 136 Å². The highest BCUT2D eigenvalue weighted by molar-refractivity contribution is 6.30. The molecule has 0 radical (unpaired) electrons. The van der Waals surface area contributed by atoms with E-state index in [9.17, 15) is 14.7 Å². The van der Waals surface area contributed by atoms with Crippen LogP contribution >= 0.6 is 11.6 Å². The highest BCUT2D eigenvalue weighted by Gasteiger charge is 2.39. The Morgan fingerprint density at radius 3 is 2.00 bits per heavy atom. The molecule has 0 atom stereocenters. The van der Waals surface area contributed by atoms with Gasteiger partial charge in [-0.25, -0.2) is 10.2 Å². The van der Waals surface area contributed by atoms with Crippen LogP contribution in [0.4, 0.5) is 0 Å². The summed E-state index contributed by atoms with van der Waals surface area (Å²) in [4.78, 5) is 25.3. The van der Waals surface area contributed by atoms with Gasteiger partial charge in [0.15, 0.2) is 5.60 Å². The zero-order chi connectivity index (χ0) is 24.7. The molecule has 0 unspecified atom stereocenters. The first-order valence-corrected chi connectivity index (χ1v) is 11.1. The molecule has 0 saturated heterocycles. The third-order valence-electron chi connectivity index (χ3n) is 5.24. The Morgan fingerprint density at radius 2 is 1.43 bits per heavy atom. The van der Waals surface area contributed by atoms with E-state index in [2.05, 4.69) is 10.5 Å². The van der Waals surface area contributed by atoms with Crippen molar-refractivity contribution in [2.75, 3.05) is 0 Å². The first-order chi connectivity index (χ1) is 17.0. The quantitative estimate of drug-likeness (QED) is 0.168. The van der Waals surface area contributed by atoms with E-state index < -0.39 is 17.5 Å². The van der Waals surface area contributed by atoms with Crippen LogP contribution in [0.2, 0.25) is 5.02 Å². The smallest absolute Gasteiger partial charge is 0.343 e. The lowest BCUT2D eigenvalue weighted by atomic mass is 9.85. The van der Waals surface area contributed by atoms with Crippen LogP contribution in [0.1, 0.15) is 27.0 Å². The molecule has 0 heterocycles. The SMILES string of the molecule is O=C(Oc1ccc(/C=N\NC(=O)C(O)(c2ccccc2)c2ccccc2)cc1)c1cccc(Cl)c1. The van der Waals surface area contributed by atoms with Crippen LogP contribution in [0.3, 0.4) is 0 Å². The van der Waals surface area contributed by atoms with Gasteiger partial charge in [-0.05, 0) is 59.2 Å². The predicted molar refractivity (Wildman–Crippen MR) is 134 cm³/mol. The minimum atomic E-state index is -1.92. The van der Waals surface area contributed by atoms with Crippen molar-refractivity contribution in [1.29, 1.82) is 0 Å². The Morgan fingerprint density at radius 1 is 0.829 bits per heavy atom. The van der Waals surface area contributed by atoms with Gasteiger partial charge in [0, 0.05) is 5.02 Å². The fourth-order valence-electron chi connectivity index (χ4n) is 3.44. The molecule has 4 aromatic carbocycles. The summed E-state index contributed by atoms with van der Waals surface area (Å²) in [6, 6.07) is 30.4. The summed E-state index contributed by atoms with van der Waals surface area (Å²) in [6.07, 6.45) is 1.43. The topological polar surface area (TPSA) is 88.0 Å². The van der Waals surface area contributed by atoms with E-state index in [1.807, 2.05) is 0 Å². The number of amides is 1. The minimum Gasteiger partial charge on any atom is -0.423 e. The number of hydrogen-bond donors (Lipinski definition) is 2. The molecule has 0 aliphatic carbocycles. The van der Waals surface area contributed by atoms with Crippen LogP contribution in [0, 0.1) is 0 Å². The summed E-state index contributed by atoms with van der Waals surface area (Å²) in [5, 5.41) is 15.9. The van der Waals surface area contributed by atoms with Gasteiger partial charge in [0.25, 0.3) is 5.91 Å². The number of halogens is 1. The number of aliphatic hydroxyl groups is 1. The molecule has 0 aromatic heterocycles. The minimum absolute atomic E-state index is 0.343. The van der Waals surface area contributed by atoms with E-state index in [0.29, 0.717) is 33.0 Å². The molecular formula is C28H21ClN2O4. The van der Waals surface area contributed by atoms with Crippen molar-refractivity contribution in [2.24, 2.45) is 5.10 Å². The number of hydrogen-bond acceptors (Lipinski definition) is 5. The third-order valence-corrected chi connectivity index (χ3v) is 5.48. The van der Waals surface area contributed by atoms with Crippen LogP contribution < -0.4 is 10.2 Å². The van der Waals surface area contributed by atoms with Crippen LogP contribution in [0.25, 0.3) is 0 Å². The number of esters is 1. The van der Waals surface area contributed by atoms with Gasteiger partial charge in [0.2, 0.25) is 0 Å². The van der Waals surface area contributed by atoms with Crippen molar-refractivity contribution in [3.8, 4) is 5.75 Å². The summed E-state index contributed by atoms with van der Waals surface area (Å²) < 4.78 is 5.35. The molecule has 0 aliphatic rings. The molecule has 2 N–H and O–H groups in total. The van der Waals surface area contributed by atoms with Crippen LogP contribution in [0.15, 0.2) is 114 Å². The normalized spacial score (nSPS) is 11.3. The van der Waals surface area contributed by atoms with Gasteiger partial charge in [0.1, 0.15) is 5.75 Å². The summed E-state index contributed by atoms with van der Waals surface area (Å²) in [5.41, 5.74) is 2.34. The van der Waals surface area contributed by atoms with Crippen LogP contribution in [-0.4, -0.2) is 23.2 Å². The van der Waals surface area contributed by atoms with Gasteiger partial charge >= 0.3 is 5.97 Å². The molecule has 1 amide bonds. The Hall–Kier alpha value is -4.26. The molecule has 4 aromatic rings. The van der Waals surface area contributed by atoms with Gasteiger partial charge < -0.3 is 9.84 Å². The number of nitrogens with zero attached hydrogens (tertiary/aromatic N) is 1. The van der Waals surface area contributed by atoms with Gasteiger partial charge in [-0.1, -0.05) is 78.3 Å². The number of hydrazone groups is 1. The first-order valence-electron chi connectivity index (χ1n) is 10.7. The Bertz CT molecular complexity index is 1300. The summed E-state index contributed by atoms with van der Waals surface area (Å²) in [6.45, 7) is 0. The van der Waals surface area contributed by atoms with Crippen molar-refractivity contribution >= 4 is 29.7 Å². The van der Waals surface area contributed by atoms with Crippen molar-refractivity contribution in [3.63, 3.8) is 0 Å². The van der Waals surface area contributed by atoms with Gasteiger partial charge in [0.05, 0.1) is 11.8 Å². The standard InChI is InChI=1S/C28H21ClN2O4/c29-24-13-7-8-21(18-24)26(32)35-25-16-14-20(15-17-25)19-30-31-27(33)28(34,22-9-3-1-4-10-22)23-11-5-2-6-12-23/h1-19,34H,(H,31,33)/b30-19-. The second-order valence-electron chi connectivity index (χ2n) is 7.61. The lowest BCUT2D eigenvalue weighted by Gasteiger charge is -2.27. The highest BCUT2D eigenvalue weighted by atomic mass is 35.5. The van der Waals surface area contributed by atoms with E-state index in [0.717, 1.165) is 0 Å². The van der Waals surface area contributed by atoms with Crippen molar-refractivity contribution in [1.82, 2.24) is 5.43 Å². The molecular weight excluding hydrogens is 464 g/mol. The average molecular weight is 485 g/mol. The fraction of sp³-hybridized carbons (Fsp3) is 0.0357. The van der Waals surface area contributed by atoms with Gasteiger partial charge in [-0.2, -0.15) is 5.10 Å². The van der Waals surface area contributed by atoms with Crippen LogP contribution in [-0.2, 0) is 10.4 Å². The number of nitrogens with one attached hydrogen (secondary N) is 1. The maximum atomic E-state index is 13.0. The summed E-state index contributed by atoms with van der Waals surface area (Å²) >= 11 is 5.91. The zero-order valence-corrected chi connectivity index (χ0v) is 19.2. The van der Waals surface area contributed by atoms with E-state index >= 15 is 0 Å². The lowest BCUT2D eigenvalue weighted by molar-refractivity contribution is -0.136. The number of ether oxygens (including phenoxy) is 1. The largest absolute Gasteiger partial charge is 0.423 e. The molecule has 0 bridgehead atoms. The first kappa shape index (κ1) is 23.9. The second kappa shape index (κ2) is 10.8. The Balaban J connectivity index is 1.44. The second-order valence-corrected chi connectivity index (χ2v) is 8.05. The fourth-order valence-corrected chi connectivity index (χ4v) is 3.63. The highest BCUT2D eigenvalue weighted by Crippen LogP contribution is 2.29. The van der Waals surface area contributed by atoms with E-state index in [-0.39, 0.29) is 0 Å². The molecule has 6 nitrogen and oxygen atoms in total. The molecule has 35 heavy (non-hydrogen) atoms. The predicted octanol–water partition coefficient (Wildman–Crippen LogP) is 4.95. The van der Waals surface area contributed by atoms with Crippen molar-refractivity contribution in [2.45, 2.75) is 5.60 Å². The van der Waals surface area contributed by atoms with Crippen LogP contribution in [0.5, 0.6) is 5.75 Å². The molecule has 174 valence electrons. The maximum Gasteiger partial charge on any atom is 0.343 e. The zero-order valence-electron chi connectivity index (χ0n) is 18.5. The lowest BCUT2D eigenvalue weighted by Crippen LogP contribution is -2.43. The number of carbonyl (C=O) groups is 2. The molecule has 0 spiro atoms. The number of benzene rings is 4. The molecule has 4 rings (SSSR count). The van der Waals surface area contributed by atoms with E-state index in [1.54, 1.807) is 103 Å². The van der Waals surface area contributed by atoms with E-state index in [1.165, 1.54) is 12.3 Å². The number of rotatable bonds is 7. The Labute approximate surface area is 207 Å².